The first-order valence-corrected chi connectivity index (χ1v) is 11.2. The van der Waals surface area contributed by atoms with Crippen molar-refractivity contribution in [3.63, 3.8) is 0 Å². The Kier molecular flexibility index (Phi) is 5.70. The fourth-order valence-corrected chi connectivity index (χ4v) is 5.39. The van der Waals surface area contributed by atoms with E-state index in [0.29, 0.717) is 30.0 Å². The summed E-state index contributed by atoms with van der Waals surface area (Å²) in [5.74, 6) is 2.57. The number of piperazine rings is 1. The number of nitrogens with one attached hydrogen (secondary N) is 1. The fraction of sp³-hybridized carbons (Fsp3) is 0.941. The van der Waals surface area contributed by atoms with Gasteiger partial charge in [0.1, 0.15) is 0 Å². The van der Waals surface area contributed by atoms with Crippen LogP contribution in [0.15, 0.2) is 4.99 Å². The first-order chi connectivity index (χ1) is 11.4. The Labute approximate surface area is 146 Å². The zero-order chi connectivity index (χ0) is 17.2. The quantitative estimate of drug-likeness (QED) is 0.583. The molecule has 1 saturated carbocycles. The summed E-state index contributed by atoms with van der Waals surface area (Å²) in [6.45, 7) is 10.5. The molecule has 6 nitrogen and oxygen atoms in total. The highest BCUT2D eigenvalue weighted by Gasteiger charge is 2.29. The van der Waals surface area contributed by atoms with Crippen LogP contribution in [0.3, 0.4) is 0 Å². The first-order valence-electron chi connectivity index (χ1n) is 9.40. The largest absolute Gasteiger partial charge is 0.354 e. The van der Waals surface area contributed by atoms with Crippen molar-refractivity contribution in [1.29, 1.82) is 0 Å². The third-order valence-electron chi connectivity index (χ3n) is 5.03. The topological polar surface area (TPSA) is 65.0 Å². The van der Waals surface area contributed by atoms with Crippen LogP contribution in [0.2, 0.25) is 0 Å². The molecule has 3 aliphatic rings. The highest BCUT2D eigenvalue weighted by molar-refractivity contribution is 7.91. The van der Waals surface area contributed by atoms with Crippen molar-refractivity contribution in [3.8, 4) is 0 Å². The van der Waals surface area contributed by atoms with Gasteiger partial charge in [-0.25, -0.2) is 8.42 Å². The highest BCUT2D eigenvalue weighted by atomic mass is 32.2. The maximum atomic E-state index is 11.6. The molecule has 1 atom stereocenters. The molecule has 0 aromatic carbocycles. The summed E-state index contributed by atoms with van der Waals surface area (Å²) in [6, 6.07) is 0.574. The lowest BCUT2D eigenvalue weighted by Crippen LogP contribution is -2.53. The van der Waals surface area contributed by atoms with E-state index in [1.54, 1.807) is 0 Å². The molecule has 1 aliphatic carbocycles. The molecule has 2 saturated heterocycles. The Balaban J connectivity index is 1.55. The Hall–Kier alpha value is -0.820. The fourth-order valence-electron chi connectivity index (χ4n) is 3.54. The Morgan fingerprint density at radius 2 is 1.88 bits per heavy atom. The van der Waals surface area contributed by atoms with Crippen LogP contribution in [0.5, 0.6) is 0 Å². The van der Waals surface area contributed by atoms with Crippen LogP contribution < -0.4 is 5.32 Å². The summed E-state index contributed by atoms with van der Waals surface area (Å²) < 4.78 is 23.2. The van der Waals surface area contributed by atoms with E-state index in [1.165, 1.54) is 12.8 Å². The first kappa shape index (κ1) is 18.0. The average Bonchev–Trinajstić information content (AvgIpc) is 3.26. The molecule has 3 fully saturated rings. The van der Waals surface area contributed by atoms with Gasteiger partial charge < -0.3 is 10.2 Å². The average molecular weight is 357 g/mol. The van der Waals surface area contributed by atoms with Crippen molar-refractivity contribution in [1.82, 2.24) is 15.1 Å². The molecule has 2 heterocycles. The maximum Gasteiger partial charge on any atom is 0.194 e. The molecule has 2 aliphatic heterocycles. The van der Waals surface area contributed by atoms with Gasteiger partial charge in [-0.3, -0.25) is 9.89 Å². The summed E-state index contributed by atoms with van der Waals surface area (Å²) >= 11 is 0. The minimum atomic E-state index is -2.81. The molecule has 0 amide bonds. The lowest BCUT2D eigenvalue weighted by Gasteiger charge is -2.37. The predicted molar refractivity (Wildman–Crippen MR) is 98.1 cm³/mol. The molecule has 0 bridgehead atoms. The van der Waals surface area contributed by atoms with Crippen LogP contribution in [0.25, 0.3) is 0 Å². The summed E-state index contributed by atoms with van der Waals surface area (Å²) in [6.07, 6.45) is 3.22. The van der Waals surface area contributed by atoms with Gasteiger partial charge in [-0.05, 0) is 31.1 Å². The van der Waals surface area contributed by atoms with Crippen molar-refractivity contribution in [2.75, 3.05) is 50.8 Å². The molecule has 3 rings (SSSR count). The lowest BCUT2D eigenvalue weighted by molar-refractivity contribution is 0.163. The molecule has 0 aromatic rings. The van der Waals surface area contributed by atoms with E-state index in [-0.39, 0.29) is 5.92 Å². The van der Waals surface area contributed by atoms with Crippen molar-refractivity contribution >= 4 is 15.8 Å². The highest BCUT2D eigenvalue weighted by Crippen LogP contribution is 2.21. The van der Waals surface area contributed by atoms with Gasteiger partial charge in [0.15, 0.2) is 15.8 Å². The standard InChI is InChI=1S/C17H32N4O2S/c1-14(2)12-20-6-8-21(9-7-20)17(19-16-3-4-16)18-11-15-5-10-24(22,23)13-15/h14-16H,3-13H2,1-2H3,(H,18,19). The summed E-state index contributed by atoms with van der Waals surface area (Å²) in [5, 5.41) is 3.57. The number of aliphatic imine (C=N–C) groups is 1. The molecular formula is C17H32N4O2S. The zero-order valence-corrected chi connectivity index (χ0v) is 15.9. The van der Waals surface area contributed by atoms with Crippen LogP contribution in [0.1, 0.15) is 33.1 Å². The lowest BCUT2D eigenvalue weighted by atomic mass is 10.1. The molecule has 0 aromatic heterocycles. The molecule has 7 heteroatoms. The van der Waals surface area contributed by atoms with Crippen molar-refractivity contribution in [3.05, 3.63) is 0 Å². The molecule has 0 radical (unpaired) electrons. The number of rotatable bonds is 5. The second kappa shape index (κ2) is 7.60. The predicted octanol–water partition coefficient (Wildman–Crippen LogP) is 0.803. The smallest absolute Gasteiger partial charge is 0.194 e. The van der Waals surface area contributed by atoms with Crippen molar-refractivity contribution < 1.29 is 8.42 Å². The van der Waals surface area contributed by atoms with E-state index in [2.05, 4.69) is 29.0 Å². The Morgan fingerprint density at radius 3 is 2.42 bits per heavy atom. The molecule has 24 heavy (non-hydrogen) atoms. The van der Waals surface area contributed by atoms with Gasteiger partial charge in [-0.1, -0.05) is 13.8 Å². The number of nitrogens with zero attached hydrogens (tertiary/aromatic N) is 3. The monoisotopic (exact) mass is 356 g/mol. The van der Waals surface area contributed by atoms with Gasteiger partial charge in [-0.2, -0.15) is 0 Å². The molecule has 138 valence electrons. The second-order valence-electron chi connectivity index (χ2n) is 8.03. The molecule has 1 N–H and O–H groups in total. The van der Waals surface area contributed by atoms with E-state index >= 15 is 0 Å². The van der Waals surface area contributed by atoms with Crippen LogP contribution in [-0.2, 0) is 9.84 Å². The zero-order valence-electron chi connectivity index (χ0n) is 15.1. The van der Waals surface area contributed by atoms with Crippen molar-refractivity contribution in [2.24, 2.45) is 16.8 Å². The number of guanidine groups is 1. The molecule has 1 unspecified atom stereocenters. The van der Waals surface area contributed by atoms with Gasteiger partial charge in [0, 0.05) is 45.3 Å². The minimum absolute atomic E-state index is 0.202. The summed E-state index contributed by atoms with van der Waals surface area (Å²) in [4.78, 5) is 9.70. The normalized spacial score (nSPS) is 28.5. The SMILES string of the molecule is CC(C)CN1CCN(C(=NCC2CCS(=O)(=O)C2)NC2CC2)CC1. The van der Waals surface area contributed by atoms with Crippen LogP contribution >= 0.6 is 0 Å². The molecular weight excluding hydrogens is 324 g/mol. The van der Waals surface area contributed by atoms with Gasteiger partial charge in [0.05, 0.1) is 11.5 Å². The van der Waals surface area contributed by atoms with E-state index in [0.717, 1.165) is 45.1 Å². The van der Waals surface area contributed by atoms with Crippen LogP contribution in [0, 0.1) is 11.8 Å². The van der Waals surface area contributed by atoms with E-state index in [1.807, 2.05) is 0 Å². The third kappa shape index (κ3) is 5.34. The Bertz CT molecular complexity index is 549. The van der Waals surface area contributed by atoms with Crippen molar-refractivity contribution in [2.45, 2.75) is 39.2 Å². The van der Waals surface area contributed by atoms with E-state index < -0.39 is 9.84 Å². The minimum Gasteiger partial charge on any atom is -0.354 e. The van der Waals surface area contributed by atoms with E-state index in [9.17, 15) is 8.42 Å². The van der Waals surface area contributed by atoms with Crippen LogP contribution in [-0.4, -0.2) is 81.0 Å². The number of sulfone groups is 1. The van der Waals surface area contributed by atoms with Gasteiger partial charge in [0.2, 0.25) is 0 Å². The van der Waals surface area contributed by atoms with E-state index in [4.69, 9.17) is 4.99 Å². The maximum absolute atomic E-state index is 11.6. The van der Waals surface area contributed by atoms with Gasteiger partial charge in [-0.15, -0.1) is 0 Å². The summed E-state index contributed by atoms with van der Waals surface area (Å²) in [7, 11) is -2.81. The molecule has 0 spiro atoms. The Morgan fingerprint density at radius 1 is 1.17 bits per heavy atom. The van der Waals surface area contributed by atoms with Gasteiger partial charge in [0.25, 0.3) is 0 Å². The summed E-state index contributed by atoms with van der Waals surface area (Å²) in [5.41, 5.74) is 0. The number of hydrogen-bond acceptors (Lipinski definition) is 4. The van der Waals surface area contributed by atoms with Gasteiger partial charge >= 0.3 is 0 Å². The second-order valence-corrected chi connectivity index (χ2v) is 10.3. The van der Waals surface area contributed by atoms with Crippen LogP contribution in [0.4, 0.5) is 0 Å². The third-order valence-corrected chi connectivity index (χ3v) is 6.87. The number of hydrogen-bond donors (Lipinski definition) is 1.